The van der Waals surface area contributed by atoms with Crippen molar-refractivity contribution in [2.45, 2.75) is 31.6 Å². The van der Waals surface area contributed by atoms with Crippen molar-refractivity contribution >= 4 is 5.97 Å². The van der Waals surface area contributed by atoms with Crippen molar-refractivity contribution in [3.8, 4) is 11.6 Å². The van der Waals surface area contributed by atoms with Gasteiger partial charge in [-0.1, -0.05) is 25.0 Å². The van der Waals surface area contributed by atoms with Gasteiger partial charge in [0.25, 0.3) is 0 Å². The van der Waals surface area contributed by atoms with Crippen LogP contribution in [0.25, 0.3) is 0 Å². The van der Waals surface area contributed by atoms with Crippen LogP contribution in [0.4, 0.5) is 0 Å². The van der Waals surface area contributed by atoms with Crippen molar-refractivity contribution in [2.75, 3.05) is 7.11 Å². The lowest BCUT2D eigenvalue weighted by Crippen LogP contribution is -2.01. The second kappa shape index (κ2) is 6.60. The maximum atomic E-state index is 11.3. The summed E-state index contributed by atoms with van der Waals surface area (Å²) in [6, 6.07) is 11.5. The number of hydrogen-bond acceptors (Lipinski definition) is 4. The topological polar surface area (TPSA) is 48.4 Å². The first kappa shape index (κ1) is 14.6. The number of carbonyl (C=O) groups excluding carboxylic acids is 1. The Morgan fingerprint density at radius 1 is 1.09 bits per heavy atom. The van der Waals surface area contributed by atoms with Crippen molar-refractivity contribution in [1.82, 2.24) is 4.98 Å². The van der Waals surface area contributed by atoms with Gasteiger partial charge in [0, 0.05) is 12.3 Å². The molecule has 0 atom stereocenters. The first-order valence-electron chi connectivity index (χ1n) is 7.58. The van der Waals surface area contributed by atoms with E-state index in [-0.39, 0.29) is 0 Å². The zero-order valence-electron chi connectivity index (χ0n) is 12.6. The number of ether oxygens (including phenoxy) is 2. The highest BCUT2D eigenvalue weighted by Gasteiger charge is 2.16. The van der Waals surface area contributed by atoms with E-state index in [2.05, 4.69) is 21.9 Å². The molecular weight excluding hydrogens is 278 g/mol. The number of methoxy groups -OCH3 is 1. The van der Waals surface area contributed by atoms with Crippen LogP contribution in [0.15, 0.2) is 42.6 Å². The molecule has 2 aromatic rings. The third kappa shape index (κ3) is 3.27. The average Bonchev–Trinajstić information content (AvgIpc) is 3.10. The van der Waals surface area contributed by atoms with Crippen LogP contribution in [0.5, 0.6) is 11.6 Å². The van der Waals surface area contributed by atoms with Crippen LogP contribution in [0, 0.1) is 0 Å². The van der Waals surface area contributed by atoms with E-state index in [9.17, 15) is 4.79 Å². The van der Waals surface area contributed by atoms with E-state index in [0.717, 1.165) is 5.75 Å². The van der Waals surface area contributed by atoms with Gasteiger partial charge < -0.3 is 9.47 Å². The van der Waals surface area contributed by atoms with Gasteiger partial charge in [0.15, 0.2) is 0 Å². The van der Waals surface area contributed by atoms with E-state index in [1.807, 2.05) is 12.1 Å². The Balaban J connectivity index is 1.66. The van der Waals surface area contributed by atoms with Crippen LogP contribution >= 0.6 is 0 Å². The number of aromatic nitrogens is 1. The summed E-state index contributed by atoms with van der Waals surface area (Å²) in [5.41, 5.74) is 1.80. The Morgan fingerprint density at radius 2 is 1.82 bits per heavy atom. The van der Waals surface area contributed by atoms with Gasteiger partial charge in [0.05, 0.1) is 12.7 Å². The van der Waals surface area contributed by atoms with E-state index in [0.29, 0.717) is 17.4 Å². The smallest absolute Gasteiger partial charge is 0.339 e. The Labute approximate surface area is 130 Å². The SMILES string of the molecule is COC(=O)c1ccc(Oc2ccc(C3CCCC3)cc2)nc1. The van der Waals surface area contributed by atoms with Crippen molar-refractivity contribution < 1.29 is 14.3 Å². The molecule has 3 rings (SSSR count). The Morgan fingerprint density at radius 3 is 2.41 bits per heavy atom. The first-order valence-corrected chi connectivity index (χ1v) is 7.58. The summed E-state index contributed by atoms with van der Waals surface area (Å²) >= 11 is 0. The summed E-state index contributed by atoms with van der Waals surface area (Å²) in [5, 5.41) is 0. The molecule has 1 aromatic heterocycles. The molecule has 0 unspecified atom stereocenters. The fourth-order valence-electron chi connectivity index (χ4n) is 2.87. The third-order valence-corrected chi connectivity index (χ3v) is 4.09. The molecule has 22 heavy (non-hydrogen) atoms. The lowest BCUT2D eigenvalue weighted by molar-refractivity contribution is 0.0600. The summed E-state index contributed by atoms with van der Waals surface area (Å²) in [4.78, 5) is 15.5. The molecule has 1 aromatic carbocycles. The van der Waals surface area contributed by atoms with Gasteiger partial charge in [-0.15, -0.1) is 0 Å². The Kier molecular flexibility index (Phi) is 4.37. The quantitative estimate of drug-likeness (QED) is 0.789. The Bertz CT molecular complexity index is 628. The van der Waals surface area contributed by atoms with Crippen LogP contribution < -0.4 is 4.74 Å². The molecule has 0 radical (unpaired) electrons. The highest BCUT2D eigenvalue weighted by molar-refractivity contribution is 5.88. The molecule has 0 bridgehead atoms. The first-order chi connectivity index (χ1) is 10.8. The molecule has 0 spiro atoms. The number of hydrogen-bond donors (Lipinski definition) is 0. The Hall–Kier alpha value is -2.36. The van der Waals surface area contributed by atoms with Gasteiger partial charge >= 0.3 is 5.97 Å². The molecule has 1 heterocycles. The van der Waals surface area contributed by atoms with Crippen molar-refractivity contribution in [2.24, 2.45) is 0 Å². The highest BCUT2D eigenvalue weighted by atomic mass is 16.5. The van der Waals surface area contributed by atoms with Crippen LogP contribution in [-0.2, 0) is 4.74 Å². The number of nitrogens with zero attached hydrogens (tertiary/aromatic N) is 1. The molecular formula is C18H19NO3. The second-order valence-corrected chi connectivity index (χ2v) is 5.53. The van der Waals surface area contributed by atoms with Crippen LogP contribution in [0.1, 0.15) is 47.5 Å². The molecule has 0 N–H and O–H groups in total. The van der Waals surface area contributed by atoms with E-state index < -0.39 is 5.97 Å². The maximum Gasteiger partial charge on any atom is 0.339 e. The number of benzene rings is 1. The minimum Gasteiger partial charge on any atom is -0.465 e. The minimum atomic E-state index is -0.403. The minimum absolute atomic E-state index is 0.403. The largest absolute Gasteiger partial charge is 0.465 e. The molecule has 4 nitrogen and oxygen atoms in total. The molecule has 1 aliphatic carbocycles. The summed E-state index contributed by atoms with van der Waals surface area (Å²) in [6.07, 6.45) is 6.69. The van der Waals surface area contributed by atoms with Crippen LogP contribution in [-0.4, -0.2) is 18.1 Å². The van der Waals surface area contributed by atoms with Crippen LogP contribution in [0.2, 0.25) is 0 Å². The summed E-state index contributed by atoms with van der Waals surface area (Å²) in [7, 11) is 1.35. The maximum absolute atomic E-state index is 11.3. The average molecular weight is 297 g/mol. The lowest BCUT2D eigenvalue weighted by atomic mass is 9.98. The summed E-state index contributed by atoms with van der Waals surface area (Å²) in [5.74, 6) is 1.51. The highest BCUT2D eigenvalue weighted by Crippen LogP contribution is 2.34. The van der Waals surface area contributed by atoms with E-state index in [1.54, 1.807) is 12.1 Å². The van der Waals surface area contributed by atoms with Gasteiger partial charge in [0.2, 0.25) is 5.88 Å². The number of esters is 1. The van der Waals surface area contributed by atoms with Gasteiger partial charge in [-0.25, -0.2) is 9.78 Å². The van der Waals surface area contributed by atoms with Crippen LogP contribution in [0.3, 0.4) is 0 Å². The fourth-order valence-corrected chi connectivity index (χ4v) is 2.87. The second-order valence-electron chi connectivity index (χ2n) is 5.53. The van der Waals surface area contributed by atoms with E-state index in [4.69, 9.17) is 4.74 Å². The molecule has 114 valence electrons. The van der Waals surface area contributed by atoms with E-state index >= 15 is 0 Å². The fraction of sp³-hybridized carbons (Fsp3) is 0.333. The van der Waals surface area contributed by atoms with Gasteiger partial charge in [0.1, 0.15) is 5.75 Å². The molecule has 1 saturated carbocycles. The van der Waals surface area contributed by atoms with Gasteiger partial charge in [-0.3, -0.25) is 0 Å². The zero-order chi connectivity index (χ0) is 15.4. The molecule has 4 heteroatoms. The van der Waals surface area contributed by atoms with Gasteiger partial charge in [-0.2, -0.15) is 0 Å². The molecule has 1 fully saturated rings. The van der Waals surface area contributed by atoms with Crippen molar-refractivity contribution in [1.29, 1.82) is 0 Å². The van der Waals surface area contributed by atoms with Gasteiger partial charge in [-0.05, 0) is 42.5 Å². The summed E-state index contributed by atoms with van der Waals surface area (Å²) in [6.45, 7) is 0. The molecule has 1 aliphatic rings. The van der Waals surface area contributed by atoms with E-state index in [1.165, 1.54) is 44.6 Å². The lowest BCUT2D eigenvalue weighted by Gasteiger charge is -2.10. The normalized spacial score (nSPS) is 14.8. The number of rotatable bonds is 4. The monoisotopic (exact) mass is 297 g/mol. The molecule has 0 amide bonds. The number of pyridine rings is 1. The predicted molar refractivity (Wildman–Crippen MR) is 83.3 cm³/mol. The summed E-state index contributed by atoms with van der Waals surface area (Å²) < 4.78 is 10.3. The molecule has 0 aliphatic heterocycles. The molecule has 0 saturated heterocycles. The zero-order valence-corrected chi connectivity index (χ0v) is 12.6. The third-order valence-electron chi connectivity index (χ3n) is 4.09. The van der Waals surface area contributed by atoms with Crippen molar-refractivity contribution in [3.05, 3.63) is 53.7 Å². The standard InChI is InChI=1S/C18H19NO3/c1-21-18(20)15-8-11-17(19-12-15)22-16-9-6-14(7-10-16)13-4-2-3-5-13/h6-13H,2-5H2,1H3. The predicted octanol–water partition coefficient (Wildman–Crippen LogP) is 4.32. The van der Waals surface area contributed by atoms with Crippen molar-refractivity contribution in [3.63, 3.8) is 0 Å². The number of carbonyl (C=O) groups is 1.